The Morgan fingerprint density at radius 3 is 2.62 bits per heavy atom. The van der Waals surface area contributed by atoms with Crippen molar-refractivity contribution >= 4 is 27.9 Å². The number of piperidine rings is 1. The van der Waals surface area contributed by atoms with E-state index in [1.807, 2.05) is 18.2 Å². The molecule has 0 unspecified atom stereocenters. The van der Waals surface area contributed by atoms with Gasteiger partial charge in [-0.25, -0.2) is 0 Å². The molecule has 3 heteroatoms. The summed E-state index contributed by atoms with van der Waals surface area (Å²) in [5.41, 5.74) is 1.93. The average molecular weight is 282 g/mol. The molecule has 0 N–H and O–H groups in total. The monoisotopic (exact) mass is 281 g/mol. The maximum Gasteiger partial charge on any atom is 0.151 e. The molecule has 1 saturated heterocycles. The molecule has 0 spiro atoms. The van der Waals surface area contributed by atoms with E-state index >= 15 is 0 Å². The molecule has 0 bridgehead atoms. The minimum Gasteiger partial charge on any atom is -0.371 e. The SMILES string of the molecule is CC1CCN(c2ccc(C=O)c(Br)c2)CC1. The Labute approximate surface area is 105 Å². The van der Waals surface area contributed by atoms with E-state index in [9.17, 15) is 4.79 Å². The van der Waals surface area contributed by atoms with Crippen molar-refractivity contribution in [3.05, 3.63) is 28.2 Å². The molecule has 1 aromatic carbocycles. The zero-order valence-corrected chi connectivity index (χ0v) is 11.0. The van der Waals surface area contributed by atoms with E-state index in [0.29, 0.717) is 5.56 Å². The second-order valence-electron chi connectivity index (χ2n) is 4.49. The van der Waals surface area contributed by atoms with Crippen molar-refractivity contribution in [2.45, 2.75) is 19.8 Å². The molecule has 2 rings (SSSR count). The number of benzene rings is 1. The van der Waals surface area contributed by atoms with Gasteiger partial charge in [-0.3, -0.25) is 4.79 Å². The van der Waals surface area contributed by atoms with Gasteiger partial charge < -0.3 is 4.90 Å². The molecule has 86 valence electrons. The van der Waals surface area contributed by atoms with Crippen LogP contribution in [0.5, 0.6) is 0 Å². The van der Waals surface area contributed by atoms with Gasteiger partial charge in [0.2, 0.25) is 0 Å². The molecular formula is C13H16BrNO. The number of carbonyl (C=O) groups is 1. The van der Waals surface area contributed by atoms with E-state index in [0.717, 1.165) is 29.8 Å². The fraction of sp³-hybridized carbons (Fsp3) is 0.462. The molecule has 1 aliphatic heterocycles. The minimum absolute atomic E-state index is 0.717. The summed E-state index contributed by atoms with van der Waals surface area (Å²) in [6, 6.07) is 5.95. The van der Waals surface area contributed by atoms with E-state index in [1.165, 1.54) is 18.5 Å². The Hall–Kier alpha value is -0.830. The molecule has 0 amide bonds. The fourth-order valence-electron chi connectivity index (χ4n) is 2.08. The van der Waals surface area contributed by atoms with Crippen molar-refractivity contribution < 1.29 is 4.79 Å². The van der Waals surface area contributed by atoms with Crippen LogP contribution in [0.2, 0.25) is 0 Å². The first-order valence-electron chi connectivity index (χ1n) is 5.70. The number of nitrogens with zero attached hydrogens (tertiary/aromatic N) is 1. The maximum atomic E-state index is 10.7. The second kappa shape index (κ2) is 5.00. The largest absolute Gasteiger partial charge is 0.371 e. The summed E-state index contributed by atoms with van der Waals surface area (Å²) >= 11 is 3.43. The molecule has 16 heavy (non-hydrogen) atoms. The summed E-state index contributed by atoms with van der Waals surface area (Å²) < 4.78 is 0.888. The molecule has 1 aliphatic rings. The highest BCUT2D eigenvalue weighted by Gasteiger charge is 2.16. The van der Waals surface area contributed by atoms with Gasteiger partial charge in [0.15, 0.2) is 6.29 Å². The lowest BCUT2D eigenvalue weighted by Crippen LogP contribution is -2.32. The Balaban J connectivity index is 2.15. The first-order valence-corrected chi connectivity index (χ1v) is 6.49. The number of halogens is 1. The van der Waals surface area contributed by atoms with E-state index < -0.39 is 0 Å². The van der Waals surface area contributed by atoms with E-state index in [4.69, 9.17) is 0 Å². The van der Waals surface area contributed by atoms with Crippen LogP contribution in [0.3, 0.4) is 0 Å². The topological polar surface area (TPSA) is 20.3 Å². The predicted molar refractivity (Wildman–Crippen MR) is 70.1 cm³/mol. The lowest BCUT2D eigenvalue weighted by atomic mass is 9.99. The lowest BCUT2D eigenvalue weighted by molar-refractivity contribution is 0.112. The van der Waals surface area contributed by atoms with Crippen molar-refractivity contribution in [1.82, 2.24) is 0 Å². The zero-order chi connectivity index (χ0) is 11.5. The third-order valence-corrected chi connectivity index (χ3v) is 3.95. The van der Waals surface area contributed by atoms with Crippen molar-refractivity contribution in [1.29, 1.82) is 0 Å². The van der Waals surface area contributed by atoms with Crippen LogP contribution in [0.15, 0.2) is 22.7 Å². The van der Waals surface area contributed by atoms with E-state index in [-0.39, 0.29) is 0 Å². The third-order valence-electron chi connectivity index (χ3n) is 3.26. The second-order valence-corrected chi connectivity index (χ2v) is 5.35. The van der Waals surface area contributed by atoms with Gasteiger partial charge >= 0.3 is 0 Å². The van der Waals surface area contributed by atoms with Crippen LogP contribution < -0.4 is 4.90 Å². The average Bonchev–Trinajstić information content (AvgIpc) is 2.30. The van der Waals surface area contributed by atoms with Gasteiger partial charge in [-0.15, -0.1) is 0 Å². The van der Waals surface area contributed by atoms with E-state index in [2.05, 4.69) is 27.8 Å². The van der Waals surface area contributed by atoms with Crippen LogP contribution in [0.25, 0.3) is 0 Å². The Bertz CT molecular complexity index is 384. The van der Waals surface area contributed by atoms with Crippen LogP contribution in [0.1, 0.15) is 30.1 Å². The van der Waals surface area contributed by atoms with Crippen LogP contribution >= 0.6 is 15.9 Å². The number of hydrogen-bond donors (Lipinski definition) is 0. The van der Waals surface area contributed by atoms with Crippen LogP contribution in [0.4, 0.5) is 5.69 Å². The van der Waals surface area contributed by atoms with Crippen LogP contribution in [-0.2, 0) is 0 Å². The van der Waals surface area contributed by atoms with Crippen molar-refractivity contribution in [3.63, 3.8) is 0 Å². The fourth-order valence-corrected chi connectivity index (χ4v) is 2.54. The van der Waals surface area contributed by atoms with Crippen molar-refractivity contribution in [2.24, 2.45) is 5.92 Å². The maximum absolute atomic E-state index is 10.7. The first kappa shape index (κ1) is 11.6. The van der Waals surface area contributed by atoms with Gasteiger partial charge in [-0.05, 0) is 52.9 Å². The highest BCUT2D eigenvalue weighted by Crippen LogP contribution is 2.26. The first-order chi connectivity index (χ1) is 7.70. The Morgan fingerprint density at radius 1 is 1.38 bits per heavy atom. The summed E-state index contributed by atoms with van der Waals surface area (Å²) in [4.78, 5) is 13.1. The number of anilines is 1. The Morgan fingerprint density at radius 2 is 2.06 bits per heavy atom. The molecule has 1 heterocycles. The standard InChI is InChI=1S/C13H16BrNO/c1-10-4-6-15(7-5-10)12-3-2-11(9-16)13(14)8-12/h2-3,8-10H,4-7H2,1H3. The lowest BCUT2D eigenvalue weighted by Gasteiger charge is -2.32. The molecule has 0 atom stereocenters. The van der Waals surface area contributed by atoms with E-state index in [1.54, 1.807) is 0 Å². The van der Waals surface area contributed by atoms with Crippen LogP contribution in [-0.4, -0.2) is 19.4 Å². The number of rotatable bonds is 2. The molecular weight excluding hydrogens is 266 g/mol. The number of hydrogen-bond acceptors (Lipinski definition) is 2. The minimum atomic E-state index is 0.717. The highest BCUT2D eigenvalue weighted by molar-refractivity contribution is 9.10. The summed E-state index contributed by atoms with van der Waals surface area (Å²) in [5.74, 6) is 0.842. The van der Waals surface area contributed by atoms with Gasteiger partial charge in [-0.1, -0.05) is 6.92 Å². The van der Waals surface area contributed by atoms with Crippen LogP contribution in [0, 0.1) is 5.92 Å². The van der Waals surface area contributed by atoms with Gasteiger partial charge in [0, 0.05) is 28.8 Å². The van der Waals surface area contributed by atoms with Crippen molar-refractivity contribution in [2.75, 3.05) is 18.0 Å². The number of carbonyl (C=O) groups excluding carboxylic acids is 1. The van der Waals surface area contributed by atoms with Crippen molar-refractivity contribution in [3.8, 4) is 0 Å². The molecule has 1 aromatic rings. The summed E-state index contributed by atoms with van der Waals surface area (Å²) in [6.45, 7) is 4.55. The van der Waals surface area contributed by atoms with Gasteiger partial charge in [0.05, 0.1) is 0 Å². The van der Waals surface area contributed by atoms with Gasteiger partial charge in [0.1, 0.15) is 0 Å². The quantitative estimate of drug-likeness (QED) is 0.774. The highest BCUT2D eigenvalue weighted by atomic mass is 79.9. The smallest absolute Gasteiger partial charge is 0.151 e. The summed E-state index contributed by atoms with van der Waals surface area (Å²) in [6.07, 6.45) is 3.40. The summed E-state index contributed by atoms with van der Waals surface area (Å²) in [5, 5.41) is 0. The molecule has 0 radical (unpaired) electrons. The summed E-state index contributed by atoms with van der Waals surface area (Å²) in [7, 11) is 0. The molecule has 1 fully saturated rings. The van der Waals surface area contributed by atoms with Gasteiger partial charge in [0.25, 0.3) is 0 Å². The predicted octanol–water partition coefficient (Wildman–Crippen LogP) is 3.50. The molecule has 0 aliphatic carbocycles. The number of aldehydes is 1. The molecule has 2 nitrogen and oxygen atoms in total. The normalized spacial score (nSPS) is 17.5. The Kier molecular flexibility index (Phi) is 3.64. The molecule has 0 saturated carbocycles. The third kappa shape index (κ3) is 2.46. The van der Waals surface area contributed by atoms with Gasteiger partial charge in [-0.2, -0.15) is 0 Å². The zero-order valence-electron chi connectivity index (χ0n) is 9.45. The molecule has 0 aromatic heterocycles.